The molecule has 0 saturated carbocycles. The summed E-state index contributed by atoms with van der Waals surface area (Å²) in [4.78, 5) is 29.4. The summed E-state index contributed by atoms with van der Waals surface area (Å²) in [6, 6.07) is 11.3. The summed E-state index contributed by atoms with van der Waals surface area (Å²) in [5.41, 5.74) is 2.06. The minimum Gasteiger partial charge on any atom is -0.356 e. The zero-order chi connectivity index (χ0) is 18.1. The van der Waals surface area contributed by atoms with Crippen LogP contribution in [0.1, 0.15) is 24.5 Å². The maximum Gasteiger partial charge on any atom is 0.221 e. The number of amides is 2. The van der Waals surface area contributed by atoms with Crippen LogP contribution < -0.4 is 5.32 Å². The molecule has 6 heteroatoms. The van der Waals surface area contributed by atoms with Crippen LogP contribution in [0.25, 0.3) is 0 Å². The summed E-state index contributed by atoms with van der Waals surface area (Å²) in [5, 5.41) is 3.58. The number of carbonyl (C=O) groups excluding carboxylic acids is 2. The lowest BCUT2D eigenvalue weighted by Crippen LogP contribution is -2.34. The van der Waals surface area contributed by atoms with Gasteiger partial charge in [-0.2, -0.15) is 0 Å². The van der Waals surface area contributed by atoms with Gasteiger partial charge in [-0.05, 0) is 35.7 Å². The topological polar surface area (TPSA) is 62.3 Å². The molecule has 0 radical (unpaired) electrons. The Morgan fingerprint density at radius 2 is 1.92 bits per heavy atom. The van der Waals surface area contributed by atoms with Gasteiger partial charge in [0.2, 0.25) is 11.8 Å². The summed E-state index contributed by atoms with van der Waals surface area (Å²) in [5.74, 6) is -0.121. The molecule has 1 aromatic heterocycles. The number of aromatic nitrogens is 1. The molecule has 2 aromatic rings. The fourth-order valence-corrected chi connectivity index (χ4v) is 2.51. The van der Waals surface area contributed by atoms with Gasteiger partial charge in [-0.1, -0.05) is 29.8 Å². The quantitative estimate of drug-likeness (QED) is 0.788. The highest BCUT2D eigenvalue weighted by Gasteiger charge is 2.11. The van der Waals surface area contributed by atoms with Crippen molar-refractivity contribution in [1.29, 1.82) is 0 Å². The van der Waals surface area contributed by atoms with Crippen LogP contribution in [0.5, 0.6) is 0 Å². The number of benzene rings is 1. The van der Waals surface area contributed by atoms with E-state index in [1.54, 1.807) is 17.3 Å². The Bertz CT molecular complexity index is 690. The Hall–Kier alpha value is -2.40. The molecular formula is C19H22ClN3O2. The summed E-state index contributed by atoms with van der Waals surface area (Å²) < 4.78 is 0. The average Bonchev–Trinajstić information content (AvgIpc) is 2.61. The normalized spacial score (nSPS) is 10.3. The molecule has 0 fully saturated rings. The lowest BCUT2D eigenvalue weighted by Gasteiger charge is -2.20. The van der Waals surface area contributed by atoms with Crippen molar-refractivity contribution >= 4 is 23.4 Å². The molecule has 0 atom stereocenters. The number of nitrogens with one attached hydrogen (secondary N) is 1. The standard InChI is InChI=1S/C19H22ClN3O2/c1-15(24)23(14-17-3-2-10-21-13-17)12-9-19(25)22-11-8-16-4-6-18(20)7-5-16/h2-7,10,13H,8-9,11-12,14H2,1H3,(H,22,25). The summed E-state index contributed by atoms with van der Waals surface area (Å²) >= 11 is 5.84. The molecule has 1 N–H and O–H groups in total. The van der Waals surface area contributed by atoms with Crippen LogP contribution in [-0.2, 0) is 22.6 Å². The fourth-order valence-electron chi connectivity index (χ4n) is 2.38. The third-order valence-corrected chi connectivity index (χ3v) is 4.05. The van der Waals surface area contributed by atoms with Crippen molar-refractivity contribution in [3.63, 3.8) is 0 Å². The first-order chi connectivity index (χ1) is 12.0. The van der Waals surface area contributed by atoms with Gasteiger partial charge in [-0.3, -0.25) is 14.6 Å². The third-order valence-electron chi connectivity index (χ3n) is 3.80. The summed E-state index contributed by atoms with van der Waals surface area (Å²) in [6.45, 7) is 2.91. The Morgan fingerprint density at radius 3 is 2.56 bits per heavy atom. The zero-order valence-electron chi connectivity index (χ0n) is 14.2. The Morgan fingerprint density at radius 1 is 1.16 bits per heavy atom. The largest absolute Gasteiger partial charge is 0.356 e. The smallest absolute Gasteiger partial charge is 0.221 e. The molecule has 2 amide bonds. The maximum absolute atomic E-state index is 12.0. The molecule has 0 aliphatic rings. The first-order valence-electron chi connectivity index (χ1n) is 8.20. The van der Waals surface area contributed by atoms with Gasteiger partial charge in [-0.15, -0.1) is 0 Å². The van der Waals surface area contributed by atoms with E-state index < -0.39 is 0 Å². The van der Waals surface area contributed by atoms with E-state index in [2.05, 4.69) is 10.3 Å². The van der Waals surface area contributed by atoms with Gasteiger partial charge in [-0.25, -0.2) is 0 Å². The molecule has 0 bridgehead atoms. The SMILES string of the molecule is CC(=O)N(CCC(=O)NCCc1ccc(Cl)cc1)Cc1cccnc1. The van der Waals surface area contributed by atoms with Crippen molar-refractivity contribution in [2.45, 2.75) is 26.3 Å². The van der Waals surface area contributed by atoms with Gasteiger partial charge in [0.05, 0.1) is 0 Å². The summed E-state index contributed by atoms with van der Waals surface area (Å²) in [6.07, 6.45) is 4.44. The predicted octanol–water partition coefficient (Wildman–Crippen LogP) is 2.83. The van der Waals surface area contributed by atoms with E-state index in [-0.39, 0.29) is 18.2 Å². The van der Waals surface area contributed by atoms with E-state index in [1.165, 1.54) is 6.92 Å². The van der Waals surface area contributed by atoms with Crippen LogP contribution >= 0.6 is 11.6 Å². The molecule has 25 heavy (non-hydrogen) atoms. The highest BCUT2D eigenvalue weighted by molar-refractivity contribution is 6.30. The van der Waals surface area contributed by atoms with Gasteiger partial charge in [0, 0.05) is 50.4 Å². The second kappa shape index (κ2) is 9.79. The van der Waals surface area contributed by atoms with Crippen molar-refractivity contribution in [2.24, 2.45) is 0 Å². The van der Waals surface area contributed by atoms with E-state index >= 15 is 0 Å². The number of hydrogen-bond donors (Lipinski definition) is 1. The van der Waals surface area contributed by atoms with Crippen LogP contribution in [0, 0.1) is 0 Å². The number of rotatable bonds is 8. The monoisotopic (exact) mass is 359 g/mol. The van der Waals surface area contributed by atoms with E-state index in [4.69, 9.17) is 11.6 Å². The molecule has 0 unspecified atom stereocenters. The lowest BCUT2D eigenvalue weighted by molar-refractivity contribution is -0.130. The van der Waals surface area contributed by atoms with Gasteiger partial charge in [0.25, 0.3) is 0 Å². The van der Waals surface area contributed by atoms with Crippen LogP contribution in [0.15, 0.2) is 48.8 Å². The maximum atomic E-state index is 12.0. The Balaban J connectivity index is 1.73. The minimum atomic E-state index is -0.0635. The molecule has 1 aromatic carbocycles. The van der Waals surface area contributed by atoms with Gasteiger partial charge in [0.15, 0.2) is 0 Å². The predicted molar refractivity (Wildman–Crippen MR) is 98.1 cm³/mol. The number of carbonyl (C=O) groups is 2. The van der Waals surface area contributed by atoms with Gasteiger partial charge >= 0.3 is 0 Å². The lowest BCUT2D eigenvalue weighted by atomic mass is 10.1. The van der Waals surface area contributed by atoms with Crippen molar-refractivity contribution in [3.8, 4) is 0 Å². The second-order valence-corrected chi connectivity index (χ2v) is 6.21. The first-order valence-corrected chi connectivity index (χ1v) is 8.58. The van der Waals surface area contributed by atoms with E-state index in [0.29, 0.717) is 24.7 Å². The fraction of sp³-hybridized carbons (Fsp3) is 0.316. The minimum absolute atomic E-state index is 0.0576. The van der Waals surface area contributed by atoms with Crippen LogP contribution in [0.4, 0.5) is 0 Å². The molecule has 2 rings (SSSR count). The number of nitrogens with zero attached hydrogens (tertiary/aromatic N) is 2. The Labute approximate surface area is 153 Å². The van der Waals surface area contributed by atoms with Gasteiger partial charge in [0.1, 0.15) is 0 Å². The molecule has 0 aliphatic heterocycles. The Kier molecular flexibility index (Phi) is 7.41. The van der Waals surface area contributed by atoms with Crippen molar-refractivity contribution in [2.75, 3.05) is 13.1 Å². The number of hydrogen-bond acceptors (Lipinski definition) is 3. The van der Waals surface area contributed by atoms with Crippen LogP contribution in [0.3, 0.4) is 0 Å². The molecule has 5 nitrogen and oxygen atoms in total. The van der Waals surface area contributed by atoms with E-state index in [9.17, 15) is 9.59 Å². The molecule has 132 valence electrons. The highest BCUT2D eigenvalue weighted by Crippen LogP contribution is 2.09. The number of halogens is 1. The van der Waals surface area contributed by atoms with E-state index in [0.717, 1.165) is 17.5 Å². The third kappa shape index (κ3) is 6.93. The highest BCUT2D eigenvalue weighted by atomic mass is 35.5. The molecule has 0 spiro atoms. The van der Waals surface area contributed by atoms with Crippen molar-refractivity contribution in [1.82, 2.24) is 15.2 Å². The average molecular weight is 360 g/mol. The van der Waals surface area contributed by atoms with Crippen LogP contribution in [0.2, 0.25) is 5.02 Å². The molecule has 1 heterocycles. The van der Waals surface area contributed by atoms with Crippen LogP contribution in [-0.4, -0.2) is 34.8 Å². The zero-order valence-corrected chi connectivity index (χ0v) is 15.0. The first kappa shape index (κ1) is 18.9. The molecule has 0 saturated heterocycles. The number of pyridine rings is 1. The van der Waals surface area contributed by atoms with Crippen molar-refractivity contribution in [3.05, 3.63) is 64.9 Å². The van der Waals surface area contributed by atoms with Gasteiger partial charge < -0.3 is 10.2 Å². The summed E-state index contributed by atoms with van der Waals surface area (Å²) in [7, 11) is 0. The van der Waals surface area contributed by atoms with E-state index in [1.807, 2.05) is 36.4 Å². The molecule has 0 aliphatic carbocycles. The van der Waals surface area contributed by atoms with Crippen molar-refractivity contribution < 1.29 is 9.59 Å². The molecular weight excluding hydrogens is 338 g/mol. The second-order valence-electron chi connectivity index (χ2n) is 5.78.